The Kier molecular flexibility index (Phi) is 4.33. The van der Waals surface area contributed by atoms with Gasteiger partial charge in [-0.3, -0.25) is 9.59 Å². The highest BCUT2D eigenvalue weighted by Gasteiger charge is 2.56. The normalized spacial score (nSPS) is 14.8. The Bertz CT molecular complexity index is 813. The number of carbonyl (C=O) groups is 2. The van der Waals surface area contributed by atoms with Gasteiger partial charge in [-0.1, -0.05) is 35.9 Å². The maximum atomic E-state index is 12.7. The van der Waals surface area contributed by atoms with E-state index in [1.165, 1.54) is 0 Å². The van der Waals surface area contributed by atoms with E-state index in [2.05, 4.69) is 10.6 Å². The van der Waals surface area contributed by atoms with Crippen molar-refractivity contribution < 1.29 is 9.59 Å². The molecule has 1 saturated carbocycles. The SMILES string of the molecule is Cc1ccccc1NC(=O)C1(C(=O)Nc2cc(Cl)ccc2C)CC1. The number of anilines is 2. The molecule has 24 heavy (non-hydrogen) atoms. The first kappa shape index (κ1) is 16.5. The lowest BCUT2D eigenvalue weighted by Gasteiger charge is -2.17. The average molecular weight is 343 g/mol. The highest BCUT2D eigenvalue weighted by Crippen LogP contribution is 2.47. The van der Waals surface area contributed by atoms with Gasteiger partial charge >= 0.3 is 0 Å². The number of carbonyl (C=O) groups excluding carboxylic acids is 2. The van der Waals surface area contributed by atoms with E-state index in [0.29, 0.717) is 23.6 Å². The van der Waals surface area contributed by atoms with E-state index in [0.717, 1.165) is 16.8 Å². The van der Waals surface area contributed by atoms with Crippen LogP contribution in [0.5, 0.6) is 0 Å². The third-order valence-corrected chi connectivity index (χ3v) is 4.70. The van der Waals surface area contributed by atoms with Gasteiger partial charge < -0.3 is 10.6 Å². The maximum absolute atomic E-state index is 12.7. The molecule has 0 saturated heterocycles. The summed E-state index contributed by atoms with van der Waals surface area (Å²) in [7, 11) is 0. The number of hydrogen-bond acceptors (Lipinski definition) is 2. The van der Waals surface area contributed by atoms with Crippen molar-refractivity contribution in [3.05, 3.63) is 58.6 Å². The first-order valence-electron chi connectivity index (χ1n) is 7.87. The van der Waals surface area contributed by atoms with Gasteiger partial charge in [0, 0.05) is 16.4 Å². The summed E-state index contributed by atoms with van der Waals surface area (Å²) in [6.45, 7) is 3.81. The Balaban J connectivity index is 1.75. The summed E-state index contributed by atoms with van der Waals surface area (Å²) in [5.41, 5.74) is 2.26. The number of nitrogens with one attached hydrogen (secondary N) is 2. The predicted molar refractivity (Wildman–Crippen MR) is 96.3 cm³/mol. The summed E-state index contributed by atoms with van der Waals surface area (Å²) in [6.07, 6.45) is 1.10. The molecule has 4 nitrogen and oxygen atoms in total. The summed E-state index contributed by atoms with van der Waals surface area (Å²) < 4.78 is 0. The largest absolute Gasteiger partial charge is 0.325 e. The molecular formula is C19H19ClN2O2. The molecule has 0 aromatic heterocycles. The van der Waals surface area contributed by atoms with Crippen LogP contribution < -0.4 is 10.6 Å². The minimum absolute atomic E-state index is 0.256. The predicted octanol–water partition coefficient (Wildman–Crippen LogP) is 4.31. The molecule has 0 spiro atoms. The van der Waals surface area contributed by atoms with Crippen LogP contribution in [0.25, 0.3) is 0 Å². The molecule has 0 bridgehead atoms. The van der Waals surface area contributed by atoms with Gasteiger partial charge in [-0.25, -0.2) is 0 Å². The van der Waals surface area contributed by atoms with E-state index in [9.17, 15) is 9.59 Å². The van der Waals surface area contributed by atoms with Crippen molar-refractivity contribution in [3.63, 3.8) is 0 Å². The van der Waals surface area contributed by atoms with Gasteiger partial charge in [0.05, 0.1) is 0 Å². The molecule has 0 aliphatic heterocycles. The van der Waals surface area contributed by atoms with Crippen LogP contribution in [-0.2, 0) is 9.59 Å². The molecule has 1 fully saturated rings. The lowest BCUT2D eigenvalue weighted by Crippen LogP contribution is -2.36. The van der Waals surface area contributed by atoms with Crippen LogP contribution in [0.4, 0.5) is 11.4 Å². The van der Waals surface area contributed by atoms with Crippen LogP contribution in [-0.4, -0.2) is 11.8 Å². The van der Waals surface area contributed by atoms with Crippen molar-refractivity contribution in [3.8, 4) is 0 Å². The van der Waals surface area contributed by atoms with Crippen molar-refractivity contribution in [2.45, 2.75) is 26.7 Å². The van der Waals surface area contributed by atoms with Gasteiger partial charge in [-0.2, -0.15) is 0 Å². The van der Waals surface area contributed by atoms with Gasteiger partial charge in [0.25, 0.3) is 0 Å². The Labute approximate surface area is 146 Å². The Morgan fingerprint density at radius 2 is 1.50 bits per heavy atom. The van der Waals surface area contributed by atoms with Crippen LogP contribution in [0.1, 0.15) is 24.0 Å². The number of amides is 2. The summed E-state index contributed by atoms with van der Waals surface area (Å²) >= 11 is 5.99. The number of rotatable bonds is 4. The van der Waals surface area contributed by atoms with E-state index in [-0.39, 0.29) is 11.8 Å². The minimum atomic E-state index is -0.989. The first-order chi connectivity index (χ1) is 11.4. The maximum Gasteiger partial charge on any atom is 0.240 e. The van der Waals surface area contributed by atoms with Crippen LogP contribution in [0.2, 0.25) is 5.02 Å². The zero-order valence-electron chi connectivity index (χ0n) is 13.7. The molecule has 0 heterocycles. The second kappa shape index (κ2) is 6.29. The third-order valence-electron chi connectivity index (χ3n) is 4.46. The molecule has 2 aromatic rings. The smallest absolute Gasteiger partial charge is 0.240 e. The number of benzene rings is 2. The van der Waals surface area contributed by atoms with Gasteiger partial charge in [0.15, 0.2) is 0 Å². The molecule has 124 valence electrons. The molecule has 0 radical (unpaired) electrons. The first-order valence-corrected chi connectivity index (χ1v) is 8.25. The van der Waals surface area contributed by atoms with Crippen molar-refractivity contribution >= 4 is 34.8 Å². The van der Waals surface area contributed by atoms with E-state index in [1.807, 2.05) is 44.2 Å². The number of para-hydroxylation sites is 1. The molecular weight excluding hydrogens is 324 g/mol. The third kappa shape index (κ3) is 3.15. The average Bonchev–Trinajstić information content (AvgIpc) is 3.35. The van der Waals surface area contributed by atoms with E-state index in [4.69, 9.17) is 11.6 Å². The van der Waals surface area contributed by atoms with Crippen LogP contribution >= 0.6 is 11.6 Å². The summed E-state index contributed by atoms with van der Waals surface area (Å²) in [4.78, 5) is 25.3. The van der Waals surface area contributed by atoms with Crippen LogP contribution in [0.15, 0.2) is 42.5 Å². The quantitative estimate of drug-likeness (QED) is 0.813. The molecule has 2 aromatic carbocycles. The number of halogens is 1. The Hall–Kier alpha value is -2.33. The monoisotopic (exact) mass is 342 g/mol. The van der Waals surface area contributed by atoms with E-state index < -0.39 is 5.41 Å². The number of aryl methyl sites for hydroxylation is 2. The molecule has 1 aliphatic rings. The van der Waals surface area contributed by atoms with Crippen molar-refractivity contribution in [2.75, 3.05) is 10.6 Å². The van der Waals surface area contributed by atoms with E-state index >= 15 is 0 Å². The summed E-state index contributed by atoms with van der Waals surface area (Å²) in [6, 6.07) is 12.8. The van der Waals surface area contributed by atoms with Crippen LogP contribution in [0.3, 0.4) is 0 Å². The molecule has 1 aliphatic carbocycles. The lowest BCUT2D eigenvalue weighted by molar-refractivity contribution is -0.131. The zero-order valence-corrected chi connectivity index (χ0v) is 14.4. The fourth-order valence-electron chi connectivity index (χ4n) is 2.61. The second-order valence-corrected chi connectivity index (χ2v) is 6.70. The molecule has 0 unspecified atom stereocenters. The highest BCUT2D eigenvalue weighted by molar-refractivity contribution is 6.31. The molecule has 5 heteroatoms. The fourth-order valence-corrected chi connectivity index (χ4v) is 2.78. The molecule has 2 N–H and O–H groups in total. The fraction of sp³-hybridized carbons (Fsp3) is 0.263. The molecule has 3 rings (SSSR count). The van der Waals surface area contributed by atoms with Crippen molar-refractivity contribution in [1.29, 1.82) is 0 Å². The van der Waals surface area contributed by atoms with Gasteiger partial charge in [0.1, 0.15) is 5.41 Å². The molecule has 0 atom stereocenters. The lowest BCUT2D eigenvalue weighted by atomic mass is 10.0. The van der Waals surface area contributed by atoms with E-state index in [1.54, 1.807) is 12.1 Å². The summed E-state index contributed by atoms with van der Waals surface area (Å²) in [5, 5.41) is 6.28. The van der Waals surface area contributed by atoms with Gasteiger partial charge in [-0.05, 0) is 56.0 Å². The highest BCUT2D eigenvalue weighted by atomic mass is 35.5. The standard InChI is InChI=1S/C19H19ClN2O2/c1-12-5-3-4-6-15(12)21-17(23)19(9-10-19)18(24)22-16-11-14(20)8-7-13(16)2/h3-8,11H,9-10H2,1-2H3,(H,21,23)(H,22,24). The Morgan fingerprint density at radius 3 is 2.12 bits per heavy atom. The van der Waals surface area contributed by atoms with Crippen LogP contribution in [0, 0.1) is 19.3 Å². The Morgan fingerprint density at radius 1 is 0.917 bits per heavy atom. The number of hydrogen-bond donors (Lipinski definition) is 2. The van der Waals surface area contributed by atoms with Crippen molar-refractivity contribution in [2.24, 2.45) is 5.41 Å². The topological polar surface area (TPSA) is 58.2 Å². The van der Waals surface area contributed by atoms with Gasteiger partial charge in [0.2, 0.25) is 11.8 Å². The minimum Gasteiger partial charge on any atom is -0.325 e. The van der Waals surface area contributed by atoms with Crippen molar-refractivity contribution in [1.82, 2.24) is 0 Å². The van der Waals surface area contributed by atoms with Gasteiger partial charge in [-0.15, -0.1) is 0 Å². The summed E-state index contributed by atoms with van der Waals surface area (Å²) in [5.74, 6) is -0.534. The molecule has 2 amide bonds. The second-order valence-electron chi connectivity index (χ2n) is 6.26. The zero-order chi connectivity index (χ0) is 17.3.